The maximum atomic E-state index is 13.6. The summed E-state index contributed by atoms with van der Waals surface area (Å²) in [5.41, 5.74) is -0.678. The van der Waals surface area contributed by atoms with Crippen molar-refractivity contribution in [3.05, 3.63) is 65.9 Å². The van der Waals surface area contributed by atoms with Gasteiger partial charge in [0.15, 0.2) is 11.5 Å². The number of halogens is 3. The van der Waals surface area contributed by atoms with E-state index >= 15 is 0 Å². The first-order valence-corrected chi connectivity index (χ1v) is 11.2. The van der Waals surface area contributed by atoms with Crippen molar-refractivity contribution in [1.29, 1.82) is 0 Å². The molecule has 4 rings (SSSR count). The van der Waals surface area contributed by atoms with Crippen LogP contribution in [-0.2, 0) is 11.0 Å². The number of benzene rings is 2. The molecule has 2 amide bonds. The molecule has 0 aliphatic carbocycles. The van der Waals surface area contributed by atoms with Crippen molar-refractivity contribution in [2.24, 2.45) is 0 Å². The third-order valence-electron chi connectivity index (χ3n) is 5.87. The fraction of sp³-hybridized carbons (Fsp3) is 0.320. The number of nitrogens with one attached hydrogen (secondary N) is 1. The molecule has 0 unspecified atom stereocenters. The van der Waals surface area contributed by atoms with E-state index in [1.807, 2.05) is 0 Å². The van der Waals surface area contributed by atoms with Crippen molar-refractivity contribution in [3.8, 4) is 22.8 Å². The second-order valence-corrected chi connectivity index (χ2v) is 8.21. The van der Waals surface area contributed by atoms with Gasteiger partial charge in [-0.3, -0.25) is 14.5 Å². The van der Waals surface area contributed by atoms with E-state index in [2.05, 4.69) is 15.2 Å². The van der Waals surface area contributed by atoms with Crippen molar-refractivity contribution in [1.82, 2.24) is 20.1 Å². The number of rotatable bonds is 6. The van der Waals surface area contributed by atoms with Gasteiger partial charge in [0, 0.05) is 57.3 Å². The van der Waals surface area contributed by atoms with Crippen LogP contribution in [0.5, 0.6) is 0 Å². The molecule has 1 aromatic heterocycles. The number of hydrogen-bond donors (Lipinski definition) is 1. The van der Waals surface area contributed by atoms with Crippen LogP contribution in [0.1, 0.15) is 23.0 Å². The Hall–Kier alpha value is -3.66. The lowest BCUT2D eigenvalue weighted by Gasteiger charge is -2.34. The number of amides is 2. The third-order valence-corrected chi connectivity index (χ3v) is 5.87. The van der Waals surface area contributed by atoms with Crippen LogP contribution in [0, 0.1) is 0 Å². The zero-order chi connectivity index (χ0) is 25.0. The maximum absolute atomic E-state index is 13.6. The first-order valence-electron chi connectivity index (χ1n) is 11.2. The summed E-state index contributed by atoms with van der Waals surface area (Å²) < 4.78 is 46.4. The van der Waals surface area contributed by atoms with Gasteiger partial charge in [-0.15, -0.1) is 0 Å². The molecule has 3 aromatic rings. The fourth-order valence-corrected chi connectivity index (χ4v) is 3.99. The summed E-state index contributed by atoms with van der Waals surface area (Å²) in [5.74, 6) is -0.668. The number of carbonyl (C=O) groups excluding carboxylic acids is 2. The Morgan fingerprint density at radius 1 is 1.00 bits per heavy atom. The van der Waals surface area contributed by atoms with Crippen LogP contribution < -0.4 is 5.32 Å². The van der Waals surface area contributed by atoms with E-state index in [0.29, 0.717) is 44.8 Å². The number of oxazole rings is 1. The molecule has 1 fully saturated rings. The molecule has 0 spiro atoms. The van der Waals surface area contributed by atoms with E-state index in [0.717, 1.165) is 6.07 Å². The summed E-state index contributed by atoms with van der Waals surface area (Å²) in [6.45, 7) is 5.09. The van der Waals surface area contributed by atoms with E-state index in [9.17, 15) is 22.8 Å². The minimum atomic E-state index is -4.60. The van der Waals surface area contributed by atoms with Crippen molar-refractivity contribution in [2.45, 2.75) is 13.1 Å². The van der Waals surface area contributed by atoms with Gasteiger partial charge in [-0.1, -0.05) is 42.5 Å². The standard InChI is InChI=1S/C25H25F3N4O3/c1-17(33)32-15-13-31(14-16-32)12-11-29-23(34)21-22(18-7-3-2-4-8-18)35-24(30-21)19-9-5-6-10-20(19)25(26,27)28/h2-10H,11-16H2,1H3,(H,29,34). The highest BCUT2D eigenvalue weighted by Crippen LogP contribution is 2.38. The molecule has 0 atom stereocenters. The fourth-order valence-electron chi connectivity index (χ4n) is 3.99. The first-order chi connectivity index (χ1) is 16.7. The van der Waals surface area contributed by atoms with Gasteiger partial charge < -0.3 is 14.6 Å². The lowest BCUT2D eigenvalue weighted by Crippen LogP contribution is -2.49. The van der Waals surface area contributed by atoms with Crippen LogP contribution in [0.3, 0.4) is 0 Å². The summed E-state index contributed by atoms with van der Waals surface area (Å²) in [6, 6.07) is 13.6. The molecule has 35 heavy (non-hydrogen) atoms. The Morgan fingerprint density at radius 2 is 1.66 bits per heavy atom. The lowest BCUT2D eigenvalue weighted by molar-refractivity contribution is -0.137. The van der Waals surface area contributed by atoms with Crippen LogP contribution in [0.4, 0.5) is 13.2 Å². The van der Waals surface area contributed by atoms with Crippen molar-refractivity contribution in [2.75, 3.05) is 39.3 Å². The molecule has 2 heterocycles. The van der Waals surface area contributed by atoms with Gasteiger partial charge in [0.2, 0.25) is 11.8 Å². The Morgan fingerprint density at radius 3 is 2.31 bits per heavy atom. The average Bonchev–Trinajstić information content (AvgIpc) is 3.30. The predicted octanol–water partition coefficient (Wildman–Crippen LogP) is 3.92. The van der Waals surface area contributed by atoms with E-state index in [1.54, 1.807) is 42.2 Å². The van der Waals surface area contributed by atoms with E-state index < -0.39 is 17.6 Å². The summed E-state index contributed by atoms with van der Waals surface area (Å²) in [6.07, 6.45) is -4.60. The number of carbonyl (C=O) groups is 2. The second kappa shape index (κ2) is 10.3. The molecule has 7 nitrogen and oxygen atoms in total. The molecule has 0 radical (unpaired) electrons. The lowest BCUT2D eigenvalue weighted by atomic mass is 10.1. The van der Waals surface area contributed by atoms with Crippen molar-refractivity contribution < 1.29 is 27.2 Å². The zero-order valence-electron chi connectivity index (χ0n) is 19.1. The van der Waals surface area contributed by atoms with Crippen LogP contribution in [0.25, 0.3) is 22.8 Å². The van der Waals surface area contributed by atoms with Gasteiger partial charge in [-0.25, -0.2) is 4.98 Å². The molecule has 0 bridgehead atoms. The Labute approximate surface area is 200 Å². The Balaban J connectivity index is 1.54. The molecule has 2 aromatic carbocycles. The number of alkyl halides is 3. The van der Waals surface area contributed by atoms with Gasteiger partial charge in [0.05, 0.1) is 5.56 Å². The maximum Gasteiger partial charge on any atom is 0.417 e. The molecule has 1 N–H and O–H groups in total. The molecule has 10 heteroatoms. The summed E-state index contributed by atoms with van der Waals surface area (Å²) in [4.78, 5) is 32.6. The molecule has 1 aliphatic heterocycles. The molecule has 1 saturated heterocycles. The largest absolute Gasteiger partial charge is 0.435 e. The molecule has 0 saturated carbocycles. The molecule has 184 valence electrons. The Bertz CT molecular complexity index is 1190. The van der Waals surface area contributed by atoms with Gasteiger partial charge in [0.1, 0.15) is 0 Å². The highest BCUT2D eigenvalue weighted by Gasteiger charge is 2.35. The Kier molecular flexibility index (Phi) is 7.20. The van der Waals surface area contributed by atoms with E-state index in [-0.39, 0.29) is 28.8 Å². The number of aromatic nitrogens is 1. The molecular formula is C25H25F3N4O3. The van der Waals surface area contributed by atoms with Crippen LogP contribution in [-0.4, -0.2) is 65.9 Å². The van der Waals surface area contributed by atoms with E-state index in [1.165, 1.54) is 18.2 Å². The summed E-state index contributed by atoms with van der Waals surface area (Å²) >= 11 is 0. The van der Waals surface area contributed by atoms with Crippen LogP contribution in [0.15, 0.2) is 59.0 Å². The minimum absolute atomic E-state index is 0.0420. The summed E-state index contributed by atoms with van der Waals surface area (Å²) in [5, 5.41) is 2.79. The highest BCUT2D eigenvalue weighted by atomic mass is 19.4. The second-order valence-electron chi connectivity index (χ2n) is 8.21. The summed E-state index contributed by atoms with van der Waals surface area (Å²) in [7, 11) is 0. The van der Waals surface area contributed by atoms with Crippen molar-refractivity contribution in [3.63, 3.8) is 0 Å². The van der Waals surface area contributed by atoms with Gasteiger partial charge in [-0.2, -0.15) is 13.2 Å². The van der Waals surface area contributed by atoms with E-state index in [4.69, 9.17) is 4.42 Å². The normalized spacial score (nSPS) is 14.7. The SMILES string of the molecule is CC(=O)N1CCN(CCNC(=O)c2nc(-c3ccccc3C(F)(F)F)oc2-c2ccccc2)CC1. The average molecular weight is 486 g/mol. The first kappa shape index (κ1) is 24.5. The molecular weight excluding hydrogens is 461 g/mol. The molecule has 1 aliphatic rings. The topological polar surface area (TPSA) is 78.7 Å². The quantitative estimate of drug-likeness (QED) is 0.572. The van der Waals surface area contributed by atoms with Crippen molar-refractivity contribution >= 4 is 11.8 Å². The number of piperazine rings is 1. The number of nitrogens with zero attached hydrogens (tertiary/aromatic N) is 3. The zero-order valence-corrected chi connectivity index (χ0v) is 19.1. The third kappa shape index (κ3) is 5.71. The van der Waals surface area contributed by atoms with Crippen LogP contribution >= 0.6 is 0 Å². The minimum Gasteiger partial charge on any atom is -0.435 e. The van der Waals surface area contributed by atoms with Gasteiger partial charge >= 0.3 is 6.18 Å². The smallest absolute Gasteiger partial charge is 0.417 e. The number of hydrogen-bond acceptors (Lipinski definition) is 5. The predicted molar refractivity (Wildman–Crippen MR) is 123 cm³/mol. The highest BCUT2D eigenvalue weighted by molar-refractivity contribution is 5.98. The van der Waals surface area contributed by atoms with Gasteiger partial charge in [0.25, 0.3) is 5.91 Å². The monoisotopic (exact) mass is 486 g/mol. The van der Waals surface area contributed by atoms with Gasteiger partial charge in [-0.05, 0) is 12.1 Å². The van der Waals surface area contributed by atoms with Crippen LogP contribution in [0.2, 0.25) is 0 Å².